The van der Waals surface area contributed by atoms with E-state index in [9.17, 15) is 4.79 Å². The van der Waals surface area contributed by atoms with Gasteiger partial charge in [-0.2, -0.15) is 0 Å². The quantitative estimate of drug-likeness (QED) is 0.287. The molecule has 0 aliphatic carbocycles. The van der Waals surface area contributed by atoms with Crippen molar-refractivity contribution in [3.63, 3.8) is 0 Å². The smallest absolute Gasteiger partial charge is 0.250 e. The van der Waals surface area contributed by atoms with Crippen molar-refractivity contribution in [3.8, 4) is 5.75 Å². The fraction of sp³-hybridized carbons (Fsp3) is 0.276. The van der Waals surface area contributed by atoms with Crippen molar-refractivity contribution in [2.75, 3.05) is 31.0 Å². The van der Waals surface area contributed by atoms with Gasteiger partial charge >= 0.3 is 0 Å². The average molecular weight is 546 g/mol. The lowest BCUT2D eigenvalue weighted by Crippen LogP contribution is -2.29. The highest BCUT2D eigenvalue weighted by Gasteiger charge is 2.42. The Labute approximate surface area is 232 Å². The summed E-state index contributed by atoms with van der Waals surface area (Å²) in [6.07, 6.45) is 3.48. The van der Waals surface area contributed by atoms with Crippen molar-refractivity contribution >= 4 is 34.6 Å². The van der Waals surface area contributed by atoms with Crippen molar-refractivity contribution in [2.24, 2.45) is 0 Å². The van der Waals surface area contributed by atoms with Crippen molar-refractivity contribution in [1.82, 2.24) is 14.9 Å². The summed E-state index contributed by atoms with van der Waals surface area (Å²) in [5, 5.41) is 6.95. The second kappa shape index (κ2) is 11.3. The minimum atomic E-state index is -0.278. The number of rotatable bonds is 9. The van der Waals surface area contributed by atoms with Gasteiger partial charge in [-0.3, -0.25) is 9.78 Å². The summed E-state index contributed by atoms with van der Waals surface area (Å²) in [5.74, 6) is 1.14. The molecule has 2 unspecified atom stereocenters. The van der Waals surface area contributed by atoms with E-state index >= 15 is 0 Å². The second-order valence-electron chi connectivity index (χ2n) is 9.35. The monoisotopic (exact) mass is 545 g/mol. The number of carbonyl (C=O) groups excluding carboxylic acids is 1. The number of ether oxygens (including phenoxy) is 2. The molecule has 3 aromatic heterocycles. The molecule has 0 radical (unpaired) electrons. The highest BCUT2D eigenvalue weighted by molar-refractivity contribution is 7.80. The van der Waals surface area contributed by atoms with Gasteiger partial charge in [0.15, 0.2) is 5.11 Å². The van der Waals surface area contributed by atoms with E-state index in [1.54, 1.807) is 19.6 Å². The number of hydrogen-bond acceptors (Lipinski definition) is 6. The molecule has 0 spiro atoms. The van der Waals surface area contributed by atoms with E-state index in [4.69, 9.17) is 26.1 Å². The van der Waals surface area contributed by atoms with Gasteiger partial charge in [0.25, 0.3) is 0 Å². The van der Waals surface area contributed by atoms with Gasteiger partial charge in [-0.25, -0.2) is 0 Å². The molecule has 1 aliphatic rings. The zero-order chi connectivity index (χ0) is 27.5. The van der Waals surface area contributed by atoms with E-state index in [2.05, 4.69) is 45.0 Å². The SMILES string of the molecule is COCC(=O)Nc1cc(N2C(=S)NC(c3ccccn3)C2c2cc(C)n(Cc3ccco3)c2C)ccc1OC. The molecule has 1 aliphatic heterocycles. The van der Waals surface area contributed by atoms with Crippen LogP contribution in [0, 0.1) is 13.8 Å². The maximum Gasteiger partial charge on any atom is 0.250 e. The molecular formula is C29H31N5O4S. The molecule has 0 bridgehead atoms. The molecule has 9 nitrogen and oxygen atoms in total. The van der Waals surface area contributed by atoms with Crippen LogP contribution in [0.1, 0.15) is 40.5 Å². The third-order valence-electron chi connectivity index (χ3n) is 6.93. The first-order valence-electron chi connectivity index (χ1n) is 12.6. The number of nitrogens with zero attached hydrogens (tertiary/aromatic N) is 3. The Morgan fingerprint density at radius 2 is 2.00 bits per heavy atom. The number of anilines is 2. The molecule has 1 saturated heterocycles. The minimum absolute atomic E-state index is 0.0664. The van der Waals surface area contributed by atoms with Crippen molar-refractivity contribution in [2.45, 2.75) is 32.5 Å². The first-order chi connectivity index (χ1) is 18.9. The number of furan rings is 1. The number of aryl methyl sites for hydroxylation is 1. The van der Waals surface area contributed by atoms with Crippen LogP contribution in [-0.2, 0) is 16.1 Å². The number of aromatic nitrogens is 2. The Bertz CT molecular complexity index is 1470. The predicted molar refractivity (Wildman–Crippen MR) is 153 cm³/mol. The summed E-state index contributed by atoms with van der Waals surface area (Å²) in [6, 6.07) is 17.2. The Morgan fingerprint density at radius 1 is 1.15 bits per heavy atom. The molecule has 39 heavy (non-hydrogen) atoms. The molecule has 4 heterocycles. The van der Waals surface area contributed by atoms with Crippen LogP contribution < -0.4 is 20.3 Å². The Kier molecular flexibility index (Phi) is 7.67. The van der Waals surface area contributed by atoms with Crippen molar-refractivity contribution in [3.05, 3.63) is 95.5 Å². The highest BCUT2D eigenvalue weighted by Crippen LogP contribution is 2.44. The summed E-state index contributed by atoms with van der Waals surface area (Å²) in [4.78, 5) is 19.1. The highest BCUT2D eigenvalue weighted by atomic mass is 32.1. The standard InChI is InChI=1S/C29H31N5O4S/c1-18-14-22(19(2)33(18)16-21-8-7-13-38-21)28-27(23-9-5-6-12-30-23)32-29(39)34(28)20-10-11-25(37-4)24(15-20)31-26(35)17-36-3/h5-15,27-28H,16-17H2,1-4H3,(H,31,35)(H,32,39). The van der Waals surface area contributed by atoms with Crippen LogP contribution in [0.25, 0.3) is 0 Å². The van der Waals surface area contributed by atoms with Crippen LogP contribution in [0.2, 0.25) is 0 Å². The number of hydrogen-bond donors (Lipinski definition) is 2. The Morgan fingerprint density at radius 3 is 2.69 bits per heavy atom. The van der Waals surface area contributed by atoms with Crippen LogP contribution in [0.3, 0.4) is 0 Å². The van der Waals surface area contributed by atoms with Crippen LogP contribution in [0.5, 0.6) is 5.75 Å². The number of benzene rings is 1. The van der Waals surface area contributed by atoms with E-state index in [-0.39, 0.29) is 24.6 Å². The molecule has 0 saturated carbocycles. The van der Waals surface area contributed by atoms with E-state index in [0.29, 0.717) is 23.1 Å². The van der Waals surface area contributed by atoms with Gasteiger partial charge in [0, 0.05) is 30.4 Å². The third kappa shape index (κ3) is 5.25. The number of thiocarbonyl (C=S) groups is 1. The summed E-state index contributed by atoms with van der Waals surface area (Å²) >= 11 is 5.91. The van der Waals surface area contributed by atoms with Gasteiger partial charge in [-0.15, -0.1) is 0 Å². The van der Waals surface area contributed by atoms with Crippen LogP contribution in [-0.4, -0.2) is 41.4 Å². The molecule has 1 aromatic carbocycles. The first kappa shape index (κ1) is 26.5. The zero-order valence-electron chi connectivity index (χ0n) is 22.3. The molecule has 2 N–H and O–H groups in total. The normalized spacial score (nSPS) is 16.8. The fourth-order valence-corrected chi connectivity index (χ4v) is 5.48. The van der Waals surface area contributed by atoms with Gasteiger partial charge < -0.3 is 34.0 Å². The van der Waals surface area contributed by atoms with E-state index in [0.717, 1.165) is 34.1 Å². The lowest BCUT2D eigenvalue weighted by atomic mass is 9.96. The summed E-state index contributed by atoms with van der Waals surface area (Å²) in [6.45, 7) is 4.77. The molecule has 4 aromatic rings. The number of methoxy groups -OCH3 is 2. The lowest BCUT2D eigenvalue weighted by molar-refractivity contribution is -0.119. The van der Waals surface area contributed by atoms with Gasteiger partial charge in [0.1, 0.15) is 18.1 Å². The molecule has 2 atom stereocenters. The number of amides is 1. The second-order valence-corrected chi connectivity index (χ2v) is 9.74. The van der Waals surface area contributed by atoms with Gasteiger partial charge in [-0.05, 0) is 80.2 Å². The van der Waals surface area contributed by atoms with Crippen LogP contribution in [0.15, 0.2) is 71.5 Å². The first-order valence-corrected chi connectivity index (χ1v) is 13.0. The Balaban J connectivity index is 1.60. The summed E-state index contributed by atoms with van der Waals surface area (Å²) < 4.78 is 18.4. The fourth-order valence-electron chi connectivity index (χ4n) is 5.14. The van der Waals surface area contributed by atoms with Crippen LogP contribution >= 0.6 is 12.2 Å². The summed E-state index contributed by atoms with van der Waals surface area (Å²) in [5.41, 5.74) is 5.55. The predicted octanol–water partition coefficient (Wildman–Crippen LogP) is 4.91. The third-order valence-corrected chi connectivity index (χ3v) is 7.25. The molecule has 10 heteroatoms. The van der Waals surface area contributed by atoms with Crippen LogP contribution in [0.4, 0.5) is 11.4 Å². The maximum atomic E-state index is 12.4. The maximum absolute atomic E-state index is 12.4. The van der Waals surface area contributed by atoms with Gasteiger partial charge in [-0.1, -0.05) is 6.07 Å². The van der Waals surface area contributed by atoms with Gasteiger partial charge in [0.05, 0.1) is 43.4 Å². The lowest BCUT2D eigenvalue weighted by Gasteiger charge is -2.29. The van der Waals surface area contributed by atoms with Crippen molar-refractivity contribution in [1.29, 1.82) is 0 Å². The minimum Gasteiger partial charge on any atom is -0.495 e. The number of carbonyl (C=O) groups is 1. The Hall–Kier alpha value is -4.15. The molecular weight excluding hydrogens is 514 g/mol. The average Bonchev–Trinajstić information content (AvgIpc) is 3.64. The summed E-state index contributed by atoms with van der Waals surface area (Å²) in [7, 11) is 3.04. The zero-order valence-corrected chi connectivity index (χ0v) is 23.1. The molecule has 1 fully saturated rings. The van der Waals surface area contributed by atoms with E-state index < -0.39 is 0 Å². The number of pyridine rings is 1. The number of nitrogens with one attached hydrogen (secondary N) is 2. The molecule has 202 valence electrons. The molecule has 1 amide bonds. The molecule has 5 rings (SSSR count). The van der Waals surface area contributed by atoms with E-state index in [1.165, 1.54) is 7.11 Å². The largest absolute Gasteiger partial charge is 0.495 e. The topological polar surface area (TPSA) is 93.8 Å². The van der Waals surface area contributed by atoms with E-state index in [1.807, 2.05) is 48.5 Å². The van der Waals surface area contributed by atoms with Gasteiger partial charge in [0.2, 0.25) is 5.91 Å². The van der Waals surface area contributed by atoms with Crippen molar-refractivity contribution < 1.29 is 18.7 Å².